The van der Waals surface area contributed by atoms with Crippen LogP contribution in [-0.4, -0.2) is 24.4 Å². The molecule has 0 bridgehead atoms. The molecule has 0 aliphatic carbocycles. The van der Waals surface area contributed by atoms with Crippen molar-refractivity contribution in [1.82, 2.24) is 10.6 Å². The van der Waals surface area contributed by atoms with Crippen LogP contribution in [0, 0.1) is 0 Å². The zero-order valence-electron chi connectivity index (χ0n) is 10.5. The molecule has 2 rings (SSSR count). The fourth-order valence-corrected chi connectivity index (χ4v) is 2.02. The Morgan fingerprint density at radius 1 is 1.39 bits per heavy atom. The number of rotatable bonds is 3. The minimum absolute atomic E-state index is 0.0426. The molecule has 0 radical (unpaired) electrons. The standard InChI is InChI=1S/C14H18N2O2/c1-2-10-3-5-11(6-4-10)14(18)16-12-7-8-13(17)15-9-12/h3-6,12H,2,7-9H2,1H3,(H,15,17)(H,16,18). The molecule has 2 N–H and O–H groups in total. The maximum Gasteiger partial charge on any atom is 0.251 e. The van der Waals surface area contributed by atoms with Gasteiger partial charge < -0.3 is 10.6 Å². The van der Waals surface area contributed by atoms with E-state index in [0.717, 1.165) is 6.42 Å². The summed E-state index contributed by atoms with van der Waals surface area (Å²) in [5, 5.41) is 5.69. The lowest BCUT2D eigenvalue weighted by molar-refractivity contribution is -0.122. The highest BCUT2D eigenvalue weighted by Gasteiger charge is 2.19. The zero-order chi connectivity index (χ0) is 13.0. The molecular weight excluding hydrogens is 228 g/mol. The first kappa shape index (κ1) is 12.6. The lowest BCUT2D eigenvalue weighted by Crippen LogP contribution is -2.47. The van der Waals surface area contributed by atoms with E-state index in [9.17, 15) is 9.59 Å². The fraction of sp³-hybridized carbons (Fsp3) is 0.429. The summed E-state index contributed by atoms with van der Waals surface area (Å²) in [5.74, 6) is -0.00778. The van der Waals surface area contributed by atoms with E-state index in [1.165, 1.54) is 5.56 Å². The van der Waals surface area contributed by atoms with Crippen LogP contribution in [0.4, 0.5) is 0 Å². The molecule has 4 nitrogen and oxygen atoms in total. The second-order valence-electron chi connectivity index (χ2n) is 4.56. The summed E-state index contributed by atoms with van der Waals surface area (Å²) in [4.78, 5) is 23.0. The Morgan fingerprint density at radius 2 is 2.11 bits per heavy atom. The van der Waals surface area contributed by atoms with Gasteiger partial charge in [0.2, 0.25) is 5.91 Å². The van der Waals surface area contributed by atoms with Gasteiger partial charge in [0.15, 0.2) is 0 Å². The van der Waals surface area contributed by atoms with Gasteiger partial charge in [0, 0.05) is 24.6 Å². The van der Waals surface area contributed by atoms with Crippen molar-refractivity contribution < 1.29 is 9.59 Å². The highest BCUT2D eigenvalue weighted by molar-refractivity contribution is 5.94. The van der Waals surface area contributed by atoms with Crippen molar-refractivity contribution >= 4 is 11.8 Å². The average molecular weight is 246 g/mol. The highest BCUT2D eigenvalue weighted by Crippen LogP contribution is 2.07. The summed E-state index contributed by atoms with van der Waals surface area (Å²) >= 11 is 0. The molecule has 1 aliphatic rings. The van der Waals surface area contributed by atoms with Crippen molar-refractivity contribution in [3.05, 3.63) is 35.4 Å². The Bertz CT molecular complexity index is 430. The molecule has 0 saturated carbocycles. The van der Waals surface area contributed by atoms with Gasteiger partial charge in [-0.25, -0.2) is 0 Å². The third kappa shape index (κ3) is 3.09. The average Bonchev–Trinajstić information content (AvgIpc) is 2.41. The second kappa shape index (κ2) is 5.67. The van der Waals surface area contributed by atoms with Crippen molar-refractivity contribution in [2.45, 2.75) is 32.2 Å². The molecule has 1 aromatic carbocycles. The van der Waals surface area contributed by atoms with Crippen LogP contribution in [0.15, 0.2) is 24.3 Å². The molecule has 96 valence electrons. The molecular formula is C14H18N2O2. The first-order valence-electron chi connectivity index (χ1n) is 6.35. The van der Waals surface area contributed by atoms with Crippen molar-refractivity contribution in [3.8, 4) is 0 Å². The Balaban J connectivity index is 1.92. The van der Waals surface area contributed by atoms with Gasteiger partial charge in [-0.15, -0.1) is 0 Å². The maximum absolute atomic E-state index is 12.0. The molecule has 2 amide bonds. The summed E-state index contributed by atoms with van der Waals surface area (Å²) < 4.78 is 0. The minimum Gasteiger partial charge on any atom is -0.354 e. The molecule has 0 aromatic heterocycles. The molecule has 1 unspecified atom stereocenters. The molecule has 1 fully saturated rings. The molecule has 18 heavy (non-hydrogen) atoms. The van der Waals surface area contributed by atoms with Crippen LogP contribution in [0.5, 0.6) is 0 Å². The first-order chi connectivity index (χ1) is 8.69. The van der Waals surface area contributed by atoms with Crippen molar-refractivity contribution in [1.29, 1.82) is 0 Å². The number of carbonyl (C=O) groups is 2. The number of benzene rings is 1. The lowest BCUT2D eigenvalue weighted by atomic mass is 10.1. The van der Waals surface area contributed by atoms with Gasteiger partial charge in [-0.3, -0.25) is 9.59 Å². The third-order valence-electron chi connectivity index (χ3n) is 3.23. The van der Waals surface area contributed by atoms with Crippen LogP contribution in [0.2, 0.25) is 0 Å². The predicted octanol–water partition coefficient (Wildman–Crippen LogP) is 1.26. The number of nitrogens with one attached hydrogen (secondary N) is 2. The van der Waals surface area contributed by atoms with Gasteiger partial charge in [-0.05, 0) is 30.5 Å². The first-order valence-corrected chi connectivity index (χ1v) is 6.35. The fourth-order valence-electron chi connectivity index (χ4n) is 2.02. The Kier molecular flexibility index (Phi) is 3.97. The van der Waals surface area contributed by atoms with E-state index in [0.29, 0.717) is 24.9 Å². The van der Waals surface area contributed by atoms with Gasteiger partial charge in [0.25, 0.3) is 5.91 Å². The van der Waals surface area contributed by atoms with E-state index in [4.69, 9.17) is 0 Å². The van der Waals surface area contributed by atoms with E-state index in [2.05, 4.69) is 17.6 Å². The molecule has 1 aliphatic heterocycles. The SMILES string of the molecule is CCc1ccc(C(=O)NC2CCC(=O)NC2)cc1. The van der Waals surface area contributed by atoms with Crippen LogP contribution < -0.4 is 10.6 Å². The van der Waals surface area contributed by atoms with E-state index in [-0.39, 0.29) is 17.9 Å². The van der Waals surface area contributed by atoms with Gasteiger partial charge in [-0.1, -0.05) is 19.1 Å². The second-order valence-corrected chi connectivity index (χ2v) is 4.56. The summed E-state index contributed by atoms with van der Waals surface area (Å²) in [6, 6.07) is 7.67. The number of piperidine rings is 1. The van der Waals surface area contributed by atoms with Crippen molar-refractivity contribution in [2.75, 3.05) is 6.54 Å². The molecule has 1 saturated heterocycles. The van der Waals surface area contributed by atoms with Crippen LogP contribution in [0.25, 0.3) is 0 Å². The number of hydrogen-bond acceptors (Lipinski definition) is 2. The number of hydrogen-bond donors (Lipinski definition) is 2. The van der Waals surface area contributed by atoms with Crippen LogP contribution in [0.3, 0.4) is 0 Å². The van der Waals surface area contributed by atoms with Crippen LogP contribution in [0.1, 0.15) is 35.7 Å². The monoisotopic (exact) mass is 246 g/mol. The highest BCUT2D eigenvalue weighted by atomic mass is 16.2. The van der Waals surface area contributed by atoms with Crippen molar-refractivity contribution in [3.63, 3.8) is 0 Å². The van der Waals surface area contributed by atoms with E-state index >= 15 is 0 Å². The number of carbonyl (C=O) groups excluding carboxylic acids is 2. The van der Waals surface area contributed by atoms with Gasteiger partial charge in [-0.2, -0.15) is 0 Å². The zero-order valence-corrected chi connectivity index (χ0v) is 10.5. The summed E-state index contributed by atoms with van der Waals surface area (Å²) in [5.41, 5.74) is 1.89. The maximum atomic E-state index is 12.0. The largest absolute Gasteiger partial charge is 0.354 e. The van der Waals surface area contributed by atoms with Gasteiger partial charge in [0.05, 0.1) is 0 Å². The molecule has 1 atom stereocenters. The smallest absolute Gasteiger partial charge is 0.251 e. The normalized spacial score (nSPS) is 19.2. The summed E-state index contributed by atoms with van der Waals surface area (Å²) in [6.45, 7) is 2.61. The number of amides is 2. The Morgan fingerprint density at radius 3 is 2.67 bits per heavy atom. The Labute approximate surface area is 107 Å². The van der Waals surface area contributed by atoms with E-state index in [1.807, 2.05) is 24.3 Å². The molecule has 1 heterocycles. The quantitative estimate of drug-likeness (QED) is 0.843. The molecule has 0 spiro atoms. The minimum atomic E-state index is -0.0706. The Hall–Kier alpha value is -1.84. The molecule has 4 heteroatoms. The van der Waals surface area contributed by atoms with Crippen LogP contribution >= 0.6 is 0 Å². The van der Waals surface area contributed by atoms with E-state index in [1.54, 1.807) is 0 Å². The third-order valence-corrected chi connectivity index (χ3v) is 3.23. The summed E-state index contributed by atoms with van der Waals surface area (Å²) in [7, 11) is 0. The van der Waals surface area contributed by atoms with E-state index < -0.39 is 0 Å². The topological polar surface area (TPSA) is 58.2 Å². The lowest BCUT2D eigenvalue weighted by Gasteiger charge is -2.23. The van der Waals surface area contributed by atoms with Gasteiger partial charge in [0.1, 0.15) is 0 Å². The summed E-state index contributed by atoms with van der Waals surface area (Å²) in [6.07, 6.45) is 2.17. The van der Waals surface area contributed by atoms with Crippen molar-refractivity contribution in [2.24, 2.45) is 0 Å². The molecule has 1 aromatic rings. The van der Waals surface area contributed by atoms with Gasteiger partial charge >= 0.3 is 0 Å². The van der Waals surface area contributed by atoms with Crippen LogP contribution in [-0.2, 0) is 11.2 Å². The number of aryl methyl sites for hydroxylation is 1. The predicted molar refractivity (Wildman–Crippen MR) is 69.3 cm³/mol.